The molecule has 0 aliphatic heterocycles. The van der Waals surface area contributed by atoms with Crippen molar-refractivity contribution in [3.8, 4) is 16.8 Å². The Balaban J connectivity index is 1.41. The summed E-state index contributed by atoms with van der Waals surface area (Å²) in [6.45, 7) is 2.96. The first kappa shape index (κ1) is 17.1. The zero-order chi connectivity index (χ0) is 18.6. The molecule has 1 atom stereocenters. The first-order valence-electron chi connectivity index (χ1n) is 8.84. The van der Waals surface area contributed by atoms with E-state index in [4.69, 9.17) is 0 Å². The van der Waals surface area contributed by atoms with Gasteiger partial charge in [-0.3, -0.25) is 4.68 Å². The number of benzene rings is 2. The molecule has 4 aromatic rings. The van der Waals surface area contributed by atoms with E-state index in [2.05, 4.69) is 69.3 Å². The number of aryl methyl sites for hydroxylation is 1. The molecule has 0 spiro atoms. The van der Waals surface area contributed by atoms with Crippen molar-refractivity contribution < 1.29 is 0 Å². The molecule has 0 saturated carbocycles. The molecule has 2 aromatic carbocycles. The molecule has 0 amide bonds. The molecule has 1 unspecified atom stereocenters. The summed E-state index contributed by atoms with van der Waals surface area (Å²) in [7, 11) is 1.93. The number of tetrazole rings is 1. The largest absolute Gasteiger partial charge is 0.306 e. The highest BCUT2D eigenvalue weighted by Crippen LogP contribution is 2.20. The second-order valence-corrected chi connectivity index (χ2v) is 6.55. The van der Waals surface area contributed by atoms with Gasteiger partial charge in [0.1, 0.15) is 6.33 Å². The fraction of sp³-hybridized carbons (Fsp3) is 0.200. The number of nitrogens with zero attached hydrogens (tertiary/aromatic N) is 6. The molecule has 0 saturated heterocycles. The van der Waals surface area contributed by atoms with Gasteiger partial charge in [0, 0.05) is 31.4 Å². The van der Waals surface area contributed by atoms with Crippen molar-refractivity contribution >= 4 is 0 Å². The molecule has 2 aromatic heterocycles. The summed E-state index contributed by atoms with van der Waals surface area (Å²) >= 11 is 0. The van der Waals surface area contributed by atoms with Gasteiger partial charge in [0.15, 0.2) is 0 Å². The Morgan fingerprint density at radius 3 is 2.63 bits per heavy atom. The van der Waals surface area contributed by atoms with Crippen LogP contribution in [0.25, 0.3) is 16.8 Å². The van der Waals surface area contributed by atoms with Crippen molar-refractivity contribution in [1.82, 2.24) is 35.3 Å². The molecule has 0 aliphatic carbocycles. The molecule has 0 bridgehead atoms. The molecule has 0 radical (unpaired) electrons. The number of rotatable bonds is 6. The topological polar surface area (TPSA) is 73.5 Å². The minimum atomic E-state index is 0.231. The van der Waals surface area contributed by atoms with Crippen LogP contribution in [-0.4, -0.2) is 30.0 Å². The van der Waals surface area contributed by atoms with Gasteiger partial charge in [-0.25, -0.2) is 4.68 Å². The van der Waals surface area contributed by atoms with Crippen molar-refractivity contribution in [2.75, 3.05) is 0 Å². The lowest BCUT2D eigenvalue weighted by atomic mass is 10.0. The van der Waals surface area contributed by atoms with Gasteiger partial charge in [-0.2, -0.15) is 5.10 Å². The average molecular weight is 359 g/mol. The molecule has 7 nitrogen and oxygen atoms in total. The standard InChI is InChI=1S/C20H21N7/c1-15(17-6-8-20(9-7-17)27-14-22-24-25-27)21-11-16-4-3-5-18(10-16)19-12-23-26(2)13-19/h3-10,12-15,21H,11H2,1-2H3. The van der Waals surface area contributed by atoms with Crippen molar-refractivity contribution in [2.45, 2.75) is 19.5 Å². The number of hydrogen-bond donors (Lipinski definition) is 1. The maximum absolute atomic E-state index is 4.25. The van der Waals surface area contributed by atoms with Gasteiger partial charge in [-0.05, 0) is 52.2 Å². The number of nitrogens with one attached hydrogen (secondary N) is 1. The lowest BCUT2D eigenvalue weighted by molar-refractivity contribution is 0.574. The third-order valence-electron chi connectivity index (χ3n) is 4.58. The van der Waals surface area contributed by atoms with Gasteiger partial charge in [-0.15, -0.1) is 5.10 Å². The minimum absolute atomic E-state index is 0.231. The van der Waals surface area contributed by atoms with E-state index >= 15 is 0 Å². The normalized spacial score (nSPS) is 12.2. The van der Waals surface area contributed by atoms with E-state index in [9.17, 15) is 0 Å². The Morgan fingerprint density at radius 2 is 1.93 bits per heavy atom. The molecule has 7 heteroatoms. The maximum atomic E-state index is 4.25. The summed E-state index contributed by atoms with van der Waals surface area (Å²) < 4.78 is 3.47. The van der Waals surface area contributed by atoms with Crippen LogP contribution in [0.1, 0.15) is 24.1 Å². The van der Waals surface area contributed by atoms with Crippen LogP contribution in [-0.2, 0) is 13.6 Å². The van der Waals surface area contributed by atoms with Gasteiger partial charge in [0.05, 0.1) is 11.9 Å². The van der Waals surface area contributed by atoms with E-state index in [0.717, 1.165) is 17.8 Å². The third kappa shape index (κ3) is 3.93. The Bertz CT molecular complexity index is 1000. The highest BCUT2D eigenvalue weighted by Gasteiger charge is 2.07. The molecular formula is C20H21N7. The smallest absolute Gasteiger partial charge is 0.143 e. The van der Waals surface area contributed by atoms with E-state index < -0.39 is 0 Å². The Hall–Kier alpha value is -3.32. The summed E-state index contributed by atoms with van der Waals surface area (Å²) in [5.74, 6) is 0. The summed E-state index contributed by atoms with van der Waals surface area (Å²) in [6, 6.07) is 17.0. The van der Waals surface area contributed by atoms with Crippen LogP contribution < -0.4 is 5.32 Å². The maximum Gasteiger partial charge on any atom is 0.143 e. The zero-order valence-corrected chi connectivity index (χ0v) is 15.3. The molecule has 0 aliphatic rings. The van der Waals surface area contributed by atoms with Gasteiger partial charge in [-0.1, -0.05) is 30.3 Å². The van der Waals surface area contributed by atoms with Crippen LogP contribution in [0.15, 0.2) is 67.3 Å². The SMILES string of the molecule is CC(NCc1cccc(-c2cnn(C)c2)c1)c1ccc(-n2cnnn2)cc1. The second kappa shape index (κ2) is 7.51. The summed E-state index contributed by atoms with van der Waals surface area (Å²) in [4.78, 5) is 0. The fourth-order valence-electron chi connectivity index (χ4n) is 3.02. The Kier molecular flexibility index (Phi) is 4.76. The van der Waals surface area contributed by atoms with Crippen molar-refractivity contribution in [2.24, 2.45) is 7.05 Å². The van der Waals surface area contributed by atoms with E-state index in [1.165, 1.54) is 16.7 Å². The van der Waals surface area contributed by atoms with Crippen LogP contribution in [0.2, 0.25) is 0 Å². The molecule has 27 heavy (non-hydrogen) atoms. The fourth-order valence-corrected chi connectivity index (χ4v) is 3.02. The van der Waals surface area contributed by atoms with E-state index in [1.54, 1.807) is 11.0 Å². The van der Waals surface area contributed by atoms with Gasteiger partial charge < -0.3 is 5.32 Å². The minimum Gasteiger partial charge on any atom is -0.306 e. The molecule has 136 valence electrons. The monoisotopic (exact) mass is 359 g/mol. The highest BCUT2D eigenvalue weighted by molar-refractivity contribution is 5.62. The van der Waals surface area contributed by atoms with E-state index in [1.807, 2.05) is 36.3 Å². The van der Waals surface area contributed by atoms with Gasteiger partial charge in [0.25, 0.3) is 0 Å². The van der Waals surface area contributed by atoms with Gasteiger partial charge >= 0.3 is 0 Å². The van der Waals surface area contributed by atoms with Gasteiger partial charge in [0.2, 0.25) is 0 Å². The molecule has 4 rings (SSSR count). The van der Waals surface area contributed by atoms with Crippen molar-refractivity contribution in [3.63, 3.8) is 0 Å². The second-order valence-electron chi connectivity index (χ2n) is 6.55. The molecule has 1 N–H and O–H groups in total. The van der Waals surface area contributed by atoms with Crippen molar-refractivity contribution in [1.29, 1.82) is 0 Å². The molecule has 2 heterocycles. The van der Waals surface area contributed by atoms with Crippen LogP contribution in [0.3, 0.4) is 0 Å². The first-order valence-corrected chi connectivity index (χ1v) is 8.84. The summed E-state index contributed by atoms with van der Waals surface area (Å²) in [5.41, 5.74) is 5.72. The van der Waals surface area contributed by atoms with Crippen LogP contribution >= 0.6 is 0 Å². The number of aromatic nitrogens is 6. The predicted molar refractivity (Wildman–Crippen MR) is 103 cm³/mol. The Labute approximate surface area is 157 Å². The predicted octanol–water partition coefficient (Wildman–Crippen LogP) is 2.91. The Morgan fingerprint density at radius 1 is 1.07 bits per heavy atom. The highest BCUT2D eigenvalue weighted by atomic mass is 15.5. The third-order valence-corrected chi connectivity index (χ3v) is 4.58. The lowest BCUT2D eigenvalue weighted by Gasteiger charge is -2.15. The van der Waals surface area contributed by atoms with Crippen LogP contribution in [0.5, 0.6) is 0 Å². The van der Waals surface area contributed by atoms with Crippen LogP contribution in [0, 0.1) is 0 Å². The lowest BCUT2D eigenvalue weighted by Crippen LogP contribution is -2.18. The van der Waals surface area contributed by atoms with Crippen molar-refractivity contribution in [3.05, 3.63) is 78.4 Å². The summed E-state index contributed by atoms with van der Waals surface area (Å²) in [5, 5.41) is 19.1. The first-order chi connectivity index (χ1) is 13.2. The average Bonchev–Trinajstić information content (AvgIpc) is 3.38. The zero-order valence-electron chi connectivity index (χ0n) is 15.3. The van der Waals surface area contributed by atoms with E-state index in [-0.39, 0.29) is 6.04 Å². The number of hydrogen-bond acceptors (Lipinski definition) is 5. The van der Waals surface area contributed by atoms with Crippen LogP contribution in [0.4, 0.5) is 0 Å². The summed E-state index contributed by atoms with van der Waals surface area (Å²) in [6.07, 6.45) is 5.51. The quantitative estimate of drug-likeness (QED) is 0.573. The molecule has 0 fully saturated rings. The molecular weight excluding hydrogens is 338 g/mol. The van der Waals surface area contributed by atoms with E-state index in [0.29, 0.717) is 0 Å².